The molecule has 37 heavy (non-hydrogen) atoms. The number of carboxylic acids is 2. The SMILES string of the molecule is CC(C)C(=O)O.CC(C)C(=O)O.CCC(=O)N(c1ccccc1)C1CCN(CCc2ccccc2)CC1. The summed E-state index contributed by atoms with van der Waals surface area (Å²) in [4.78, 5) is 36.5. The van der Waals surface area contributed by atoms with Crippen LogP contribution in [0.5, 0.6) is 0 Å². The molecule has 7 nitrogen and oxygen atoms in total. The monoisotopic (exact) mass is 512 g/mol. The highest BCUT2D eigenvalue weighted by molar-refractivity contribution is 5.93. The molecule has 1 fully saturated rings. The van der Waals surface area contributed by atoms with Gasteiger partial charge in [0.1, 0.15) is 0 Å². The van der Waals surface area contributed by atoms with Crippen LogP contribution in [-0.2, 0) is 20.8 Å². The zero-order valence-electron chi connectivity index (χ0n) is 23.0. The third kappa shape index (κ3) is 12.6. The fraction of sp³-hybridized carbons (Fsp3) is 0.500. The Kier molecular flexibility index (Phi) is 14.9. The van der Waals surface area contributed by atoms with E-state index in [9.17, 15) is 14.4 Å². The standard InChI is InChI=1S/C22H28N2O.2C4H8O2/c1-2-22(25)24(20-11-7-4-8-12-20)21-14-17-23(18-15-21)16-13-19-9-5-3-6-10-19;2*1-3(2)4(5)6/h3-12,21H,2,13-18H2,1H3;2*3H,1-2H3,(H,5,6). The van der Waals surface area contributed by atoms with Crippen LogP contribution in [0.3, 0.4) is 0 Å². The van der Waals surface area contributed by atoms with Crippen molar-refractivity contribution in [1.29, 1.82) is 0 Å². The number of rotatable bonds is 8. The molecule has 1 saturated heterocycles. The molecule has 0 saturated carbocycles. The Bertz CT molecular complexity index is 906. The fourth-order valence-corrected chi connectivity index (χ4v) is 3.65. The minimum Gasteiger partial charge on any atom is -0.481 e. The van der Waals surface area contributed by atoms with Crippen LogP contribution in [0.4, 0.5) is 5.69 Å². The minimum absolute atomic E-state index is 0.230. The second-order valence-electron chi connectivity index (χ2n) is 9.75. The number of carbonyl (C=O) groups excluding carboxylic acids is 1. The lowest BCUT2D eigenvalue weighted by atomic mass is 10.0. The Labute approximate surface area is 222 Å². The highest BCUT2D eigenvalue weighted by atomic mass is 16.4. The van der Waals surface area contributed by atoms with Crippen LogP contribution in [0.2, 0.25) is 0 Å². The highest BCUT2D eigenvalue weighted by Gasteiger charge is 2.28. The highest BCUT2D eigenvalue weighted by Crippen LogP contribution is 2.24. The molecule has 7 heteroatoms. The van der Waals surface area contributed by atoms with Gasteiger partial charge in [-0.2, -0.15) is 0 Å². The summed E-state index contributed by atoms with van der Waals surface area (Å²) in [7, 11) is 0. The number of para-hydroxylation sites is 1. The molecule has 2 N–H and O–H groups in total. The Hall–Kier alpha value is -3.19. The molecule has 0 aliphatic carbocycles. The summed E-state index contributed by atoms with van der Waals surface area (Å²) < 4.78 is 0. The first-order valence-electron chi connectivity index (χ1n) is 13.2. The zero-order valence-corrected chi connectivity index (χ0v) is 23.0. The topological polar surface area (TPSA) is 98.1 Å². The minimum atomic E-state index is -0.741. The van der Waals surface area contributed by atoms with Gasteiger partial charge in [-0.3, -0.25) is 14.4 Å². The average Bonchev–Trinajstić information content (AvgIpc) is 2.90. The molecule has 1 heterocycles. The second kappa shape index (κ2) is 17.3. The molecule has 0 unspecified atom stereocenters. The molecule has 2 aromatic rings. The van der Waals surface area contributed by atoms with Gasteiger partial charge in [-0.25, -0.2) is 0 Å². The van der Waals surface area contributed by atoms with Crippen LogP contribution in [0.1, 0.15) is 59.4 Å². The molecule has 0 aromatic heterocycles. The van der Waals surface area contributed by atoms with Crippen molar-refractivity contribution in [2.75, 3.05) is 24.5 Å². The molecule has 1 amide bonds. The van der Waals surface area contributed by atoms with Gasteiger partial charge in [0.2, 0.25) is 5.91 Å². The maximum Gasteiger partial charge on any atom is 0.305 e. The Morgan fingerprint density at radius 2 is 1.27 bits per heavy atom. The molecule has 0 radical (unpaired) electrons. The molecule has 0 bridgehead atoms. The van der Waals surface area contributed by atoms with Crippen molar-refractivity contribution in [1.82, 2.24) is 4.90 Å². The molecule has 0 atom stereocenters. The van der Waals surface area contributed by atoms with E-state index in [1.807, 2.05) is 30.0 Å². The Morgan fingerprint density at radius 1 is 0.838 bits per heavy atom. The van der Waals surface area contributed by atoms with Crippen molar-refractivity contribution in [2.45, 2.75) is 66.3 Å². The number of benzene rings is 2. The number of hydrogen-bond donors (Lipinski definition) is 2. The molecule has 0 spiro atoms. The van der Waals surface area contributed by atoms with Crippen molar-refractivity contribution in [2.24, 2.45) is 11.8 Å². The van der Waals surface area contributed by atoms with E-state index < -0.39 is 11.9 Å². The Balaban J connectivity index is 0.000000476. The average molecular weight is 513 g/mol. The van der Waals surface area contributed by atoms with Crippen LogP contribution >= 0.6 is 0 Å². The summed E-state index contributed by atoms with van der Waals surface area (Å²) in [6.07, 6.45) is 3.76. The van der Waals surface area contributed by atoms with Gasteiger partial charge in [0.25, 0.3) is 0 Å². The van der Waals surface area contributed by atoms with Gasteiger partial charge in [0, 0.05) is 37.8 Å². The van der Waals surface area contributed by atoms with E-state index in [1.54, 1.807) is 27.7 Å². The molecule has 2 aromatic carbocycles. The maximum absolute atomic E-state index is 12.5. The molecule has 3 rings (SSSR count). The molecular weight excluding hydrogens is 468 g/mol. The first kappa shape index (κ1) is 31.8. The first-order valence-corrected chi connectivity index (χ1v) is 13.2. The number of likely N-dealkylation sites (tertiary alicyclic amines) is 1. The number of nitrogens with zero attached hydrogens (tertiary/aromatic N) is 2. The van der Waals surface area contributed by atoms with Gasteiger partial charge >= 0.3 is 11.9 Å². The predicted molar refractivity (Wildman–Crippen MR) is 149 cm³/mol. The number of piperidine rings is 1. The van der Waals surface area contributed by atoms with Crippen LogP contribution in [0.15, 0.2) is 60.7 Å². The summed E-state index contributed by atoms with van der Waals surface area (Å²) in [5.74, 6) is -1.71. The van der Waals surface area contributed by atoms with Crippen LogP contribution in [-0.4, -0.2) is 58.6 Å². The third-order valence-corrected chi connectivity index (χ3v) is 6.08. The zero-order chi connectivity index (χ0) is 27.8. The predicted octanol–water partition coefficient (Wildman–Crippen LogP) is 5.59. The van der Waals surface area contributed by atoms with E-state index in [2.05, 4.69) is 47.4 Å². The van der Waals surface area contributed by atoms with E-state index in [1.165, 1.54) is 5.56 Å². The quantitative estimate of drug-likeness (QED) is 0.478. The summed E-state index contributed by atoms with van der Waals surface area (Å²) in [5, 5.41) is 16.0. The lowest BCUT2D eigenvalue weighted by molar-refractivity contribution is -0.141. The Morgan fingerprint density at radius 3 is 1.68 bits per heavy atom. The summed E-state index contributed by atoms with van der Waals surface area (Å²) in [5.41, 5.74) is 2.44. The number of amides is 1. The number of hydrogen-bond acceptors (Lipinski definition) is 4. The van der Waals surface area contributed by atoms with Crippen molar-refractivity contribution in [3.8, 4) is 0 Å². The molecular formula is C30H44N2O5. The normalized spacial score (nSPS) is 13.7. The van der Waals surface area contributed by atoms with Crippen molar-refractivity contribution in [3.63, 3.8) is 0 Å². The number of carboxylic acid groups (broad SMARTS) is 2. The lowest BCUT2D eigenvalue weighted by Crippen LogP contribution is -2.47. The van der Waals surface area contributed by atoms with Gasteiger partial charge < -0.3 is 20.0 Å². The summed E-state index contributed by atoms with van der Waals surface area (Å²) in [6.45, 7) is 11.8. The fourth-order valence-electron chi connectivity index (χ4n) is 3.65. The van der Waals surface area contributed by atoms with E-state index >= 15 is 0 Å². The number of carbonyl (C=O) groups is 3. The van der Waals surface area contributed by atoms with E-state index in [-0.39, 0.29) is 17.7 Å². The van der Waals surface area contributed by atoms with Gasteiger partial charge in [-0.15, -0.1) is 0 Å². The van der Waals surface area contributed by atoms with Crippen molar-refractivity contribution < 1.29 is 24.6 Å². The van der Waals surface area contributed by atoms with Gasteiger partial charge in [0.05, 0.1) is 11.8 Å². The lowest BCUT2D eigenvalue weighted by Gasteiger charge is -2.38. The van der Waals surface area contributed by atoms with Crippen molar-refractivity contribution >= 4 is 23.5 Å². The number of aliphatic carboxylic acids is 2. The number of anilines is 1. The van der Waals surface area contributed by atoms with E-state index in [4.69, 9.17) is 10.2 Å². The maximum atomic E-state index is 12.5. The smallest absolute Gasteiger partial charge is 0.305 e. The third-order valence-electron chi connectivity index (χ3n) is 6.08. The summed E-state index contributed by atoms with van der Waals surface area (Å²) >= 11 is 0. The van der Waals surface area contributed by atoms with Crippen LogP contribution < -0.4 is 4.90 Å². The van der Waals surface area contributed by atoms with Gasteiger partial charge in [0.15, 0.2) is 0 Å². The van der Waals surface area contributed by atoms with Crippen LogP contribution in [0.25, 0.3) is 0 Å². The van der Waals surface area contributed by atoms with Gasteiger partial charge in [-0.1, -0.05) is 83.1 Å². The largest absolute Gasteiger partial charge is 0.481 e. The second-order valence-corrected chi connectivity index (χ2v) is 9.75. The molecule has 1 aliphatic rings. The van der Waals surface area contributed by atoms with Crippen molar-refractivity contribution in [3.05, 3.63) is 66.2 Å². The first-order chi connectivity index (χ1) is 17.6. The van der Waals surface area contributed by atoms with Crippen LogP contribution in [0, 0.1) is 11.8 Å². The molecule has 204 valence electrons. The van der Waals surface area contributed by atoms with Gasteiger partial charge in [-0.05, 0) is 37.0 Å². The van der Waals surface area contributed by atoms with E-state index in [0.717, 1.165) is 44.6 Å². The van der Waals surface area contributed by atoms with E-state index in [0.29, 0.717) is 12.5 Å². The summed E-state index contributed by atoms with van der Waals surface area (Å²) in [6, 6.07) is 21.1. The molecule has 1 aliphatic heterocycles.